The Labute approximate surface area is 219 Å². The van der Waals surface area contributed by atoms with Gasteiger partial charge in [-0.25, -0.2) is 4.79 Å². The maximum atomic E-state index is 13.1. The number of alkyl halides is 3. The summed E-state index contributed by atoms with van der Waals surface area (Å²) in [4.78, 5) is 36.4. The lowest BCUT2D eigenvalue weighted by Crippen LogP contribution is -2.44. The molecule has 0 radical (unpaired) electrons. The number of carbonyl (C=O) groups is 3. The van der Waals surface area contributed by atoms with Gasteiger partial charge in [-0.3, -0.25) is 9.59 Å². The number of benzene rings is 2. The second-order valence-corrected chi connectivity index (χ2v) is 9.30. The first-order valence-electron chi connectivity index (χ1n) is 12.5. The molecule has 4 N–H and O–H groups in total. The number of aliphatic carboxylic acids is 1. The minimum Gasteiger partial charge on any atom is -0.475 e. The summed E-state index contributed by atoms with van der Waals surface area (Å²) in [6, 6.07) is 18.1. The van der Waals surface area contributed by atoms with E-state index in [4.69, 9.17) is 15.6 Å². The molecule has 2 aromatic carbocycles. The largest absolute Gasteiger partial charge is 0.490 e. The van der Waals surface area contributed by atoms with Crippen LogP contribution in [0, 0.1) is 0 Å². The number of carboxylic acid groups (broad SMARTS) is 1. The third-order valence-corrected chi connectivity index (χ3v) is 6.76. The standard InChI is InChI=1S/C26H31N3O2.C2HF3O2/c1-2-22(27)26(31)28-19(13-12-18-8-4-3-5-9-18)14-17-25(30)29-23-15-16-24(29)21-11-7-6-10-20(21)23;3-2(4,5)1(6)7/h3-11,14,17,19,22-24H,2,12-13,15-16,27H2,1H3,(H,28,31);(H,6,7)/b17-14+;/t19-,22-,23-,24+;/m0./s1. The number of halogens is 3. The molecular formula is C28H32F3N3O4. The zero-order chi connectivity index (χ0) is 27.9. The van der Waals surface area contributed by atoms with Crippen LogP contribution in [0.5, 0.6) is 0 Å². The molecule has 4 atom stereocenters. The van der Waals surface area contributed by atoms with E-state index in [1.807, 2.05) is 48.2 Å². The maximum Gasteiger partial charge on any atom is 0.490 e. The van der Waals surface area contributed by atoms with Gasteiger partial charge in [0.15, 0.2) is 0 Å². The molecule has 0 saturated carbocycles. The maximum absolute atomic E-state index is 13.1. The van der Waals surface area contributed by atoms with Crippen LogP contribution in [0.3, 0.4) is 0 Å². The van der Waals surface area contributed by atoms with E-state index in [2.05, 4.69) is 29.6 Å². The molecule has 1 fully saturated rings. The van der Waals surface area contributed by atoms with Crippen molar-refractivity contribution in [2.24, 2.45) is 5.73 Å². The van der Waals surface area contributed by atoms with E-state index < -0.39 is 18.2 Å². The molecule has 2 aliphatic rings. The monoisotopic (exact) mass is 531 g/mol. The van der Waals surface area contributed by atoms with Crippen LogP contribution in [0.15, 0.2) is 66.7 Å². The molecule has 4 rings (SSSR count). The van der Waals surface area contributed by atoms with Crippen molar-refractivity contribution in [3.05, 3.63) is 83.4 Å². The molecule has 204 valence electrons. The summed E-state index contributed by atoms with van der Waals surface area (Å²) in [7, 11) is 0. The molecule has 2 bridgehead atoms. The Morgan fingerprint density at radius 2 is 1.58 bits per heavy atom. The molecule has 2 aromatic rings. The van der Waals surface area contributed by atoms with E-state index in [1.54, 1.807) is 6.08 Å². The van der Waals surface area contributed by atoms with Crippen molar-refractivity contribution in [3.8, 4) is 0 Å². The number of hydrogen-bond donors (Lipinski definition) is 3. The Morgan fingerprint density at radius 1 is 1.05 bits per heavy atom. The molecule has 0 aromatic heterocycles. The summed E-state index contributed by atoms with van der Waals surface area (Å²) in [6.07, 6.45) is 2.53. The summed E-state index contributed by atoms with van der Waals surface area (Å²) >= 11 is 0. The summed E-state index contributed by atoms with van der Waals surface area (Å²) in [5.41, 5.74) is 9.67. The number of nitrogens with zero attached hydrogens (tertiary/aromatic N) is 1. The van der Waals surface area contributed by atoms with Gasteiger partial charge in [0.2, 0.25) is 11.8 Å². The highest BCUT2D eigenvalue weighted by molar-refractivity contribution is 5.89. The molecule has 0 aliphatic carbocycles. The smallest absolute Gasteiger partial charge is 0.475 e. The van der Waals surface area contributed by atoms with Gasteiger partial charge >= 0.3 is 12.1 Å². The minimum atomic E-state index is -5.08. The van der Waals surface area contributed by atoms with Crippen LogP contribution in [0.25, 0.3) is 0 Å². The lowest BCUT2D eigenvalue weighted by molar-refractivity contribution is -0.192. The van der Waals surface area contributed by atoms with E-state index in [-0.39, 0.29) is 29.9 Å². The van der Waals surface area contributed by atoms with Gasteiger partial charge in [-0.05, 0) is 48.8 Å². The second-order valence-electron chi connectivity index (χ2n) is 9.30. The fourth-order valence-electron chi connectivity index (χ4n) is 4.79. The van der Waals surface area contributed by atoms with E-state index in [1.165, 1.54) is 16.7 Å². The number of aryl methyl sites for hydroxylation is 1. The molecule has 1 saturated heterocycles. The first-order valence-corrected chi connectivity index (χ1v) is 12.5. The predicted molar refractivity (Wildman–Crippen MR) is 136 cm³/mol. The Hall–Kier alpha value is -3.66. The quantitative estimate of drug-likeness (QED) is 0.436. The Kier molecular flexibility index (Phi) is 9.68. The summed E-state index contributed by atoms with van der Waals surface area (Å²) in [5, 5.41) is 10.1. The first kappa shape index (κ1) is 28.9. The molecule has 38 heavy (non-hydrogen) atoms. The van der Waals surface area contributed by atoms with Gasteiger partial charge in [0.1, 0.15) is 0 Å². The van der Waals surface area contributed by atoms with Crippen LogP contribution in [0.4, 0.5) is 13.2 Å². The highest BCUT2D eigenvalue weighted by Crippen LogP contribution is 2.52. The molecule has 2 heterocycles. The number of amides is 2. The van der Waals surface area contributed by atoms with Crippen LogP contribution >= 0.6 is 0 Å². The summed E-state index contributed by atoms with van der Waals surface area (Å²) in [6.45, 7) is 1.89. The molecule has 2 amide bonds. The Balaban J connectivity index is 0.000000505. The molecule has 10 heteroatoms. The zero-order valence-corrected chi connectivity index (χ0v) is 21.0. The third kappa shape index (κ3) is 7.22. The Morgan fingerprint density at radius 3 is 2.08 bits per heavy atom. The van der Waals surface area contributed by atoms with Crippen molar-refractivity contribution in [2.75, 3.05) is 0 Å². The molecule has 7 nitrogen and oxygen atoms in total. The van der Waals surface area contributed by atoms with Gasteiger partial charge in [0, 0.05) is 12.1 Å². The van der Waals surface area contributed by atoms with Crippen LogP contribution in [0.2, 0.25) is 0 Å². The molecule has 2 aliphatic heterocycles. The van der Waals surface area contributed by atoms with E-state index in [0.29, 0.717) is 12.8 Å². The topological polar surface area (TPSA) is 113 Å². The SMILES string of the molecule is CC[C@H](N)C(=O)N[C@H](/C=C/C(=O)N1[C@@H]2CC[C@H]1c1ccccc12)CCc1ccccc1.O=C(O)C(F)(F)F. The van der Waals surface area contributed by atoms with Gasteiger partial charge in [-0.2, -0.15) is 13.2 Å². The number of carbonyl (C=O) groups excluding carboxylic acids is 2. The summed E-state index contributed by atoms with van der Waals surface area (Å²) < 4.78 is 31.7. The van der Waals surface area contributed by atoms with E-state index >= 15 is 0 Å². The number of nitrogens with two attached hydrogens (primary N) is 1. The van der Waals surface area contributed by atoms with Crippen LogP contribution in [-0.4, -0.2) is 46.1 Å². The van der Waals surface area contributed by atoms with Crippen molar-refractivity contribution in [2.45, 2.75) is 69.4 Å². The molecule has 0 spiro atoms. The normalized spacial score (nSPS) is 19.3. The fraction of sp³-hybridized carbons (Fsp3) is 0.393. The molecule has 0 unspecified atom stereocenters. The van der Waals surface area contributed by atoms with Gasteiger partial charge in [0.25, 0.3) is 0 Å². The van der Waals surface area contributed by atoms with Crippen molar-refractivity contribution in [1.29, 1.82) is 0 Å². The van der Waals surface area contributed by atoms with Crippen LogP contribution < -0.4 is 11.1 Å². The van der Waals surface area contributed by atoms with Crippen molar-refractivity contribution < 1.29 is 32.7 Å². The highest BCUT2D eigenvalue weighted by Gasteiger charge is 2.45. The average molecular weight is 532 g/mol. The van der Waals surface area contributed by atoms with Crippen molar-refractivity contribution >= 4 is 17.8 Å². The third-order valence-electron chi connectivity index (χ3n) is 6.76. The number of nitrogens with one attached hydrogen (secondary N) is 1. The number of carboxylic acids is 1. The average Bonchev–Trinajstić information content (AvgIpc) is 3.47. The van der Waals surface area contributed by atoms with E-state index in [9.17, 15) is 22.8 Å². The lowest BCUT2D eigenvalue weighted by atomic mass is 9.92. The number of rotatable bonds is 8. The van der Waals surface area contributed by atoms with Crippen molar-refractivity contribution in [1.82, 2.24) is 10.2 Å². The second kappa shape index (κ2) is 12.7. The van der Waals surface area contributed by atoms with E-state index in [0.717, 1.165) is 19.3 Å². The minimum absolute atomic E-state index is 0.0162. The van der Waals surface area contributed by atoms with Crippen LogP contribution in [0.1, 0.15) is 61.4 Å². The fourth-order valence-corrected chi connectivity index (χ4v) is 4.79. The van der Waals surface area contributed by atoms with Gasteiger partial charge in [0.05, 0.1) is 18.1 Å². The number of fused-ring (bicyclic) bond motifs is 5. The number of hydrogen-bond acceptors (Lipinski definition) is 4. The predicted octanol–water partition coefficient (Wildman–Crippen LogP) is 4.45. The first-order chi connectivity index (χ1) is 18.0. The van der Waals surface area contributed by atoms with Gasteiger partial charge in [-0.1, -0.05) is 67.6 Å². The lowest BCUT2D eigenvalue weighted by Gasteiger charge is -2.22. The highest BCUT2D eigenvalue weighted by atomic mass is 19.4. The molecular weight excluding hydrogens is 499 g/mol. The zero-order valence-electron chi connectivity index (χ0n) is 21.0. The van der Waals surface area contributed by atoms with Crippen molar-refractivity contribution in [3.63, 3.8) is 0 Å². The Bertz CT molecular complexity index is 1120. The van der Waals surface area contributed by atoms with Crippen LogP contribution in [-0.2, 0) is 20.8 Å². The van der Waals surface area contributed by atoms with Gasteiger partial charge in [-0.15, -0.1) is 0 Å². The summed E-state index contributed by atoms with van der Waals surface area (Å²) in [5.74, 6) is -2.92. The van der Waals surface area contributed by atoms with Gasteiger partial charge < -0.3 is 21.1 Å².